The minimum atomic E-state index is -1.75. The van der Waals surface area contributed by atoms with Gasteiger partial charge >= 0.3 is 0 Å². The average Bonchev–Trinajstić information content (AvgIpc) is 2.81. The van der Waals surface area contributed by atoms with Gasteiger partial charge < -0.3 is 54.7 Å². The summed E-state index contributed by atoms with van der Waals surface area (Å²) in [7, 11) is 1.25. The number of carbonyl (C=O) groups excluding carboxylic acids is 1. The Balaban J connectivity index is 1.67. The zero-order valence-corrected chi connectivity index (χ0v) is 17.9. The maximum atomic E-state index is 12.9. The number of phenolic OH excluding ortho intramolecular Hbond substituents is 3. The van der Waals surface area contributed by atoms with Crippen LogP contribution >= 0.6 is 0 Å². The predicted molar refractivity (Wildman–Crippen MR) is 111 cm³/mol. The van der Waals surface area contributed by atoms with Crippen molar-refractivity contribution >= 4 is 5.78 Å². The van der Waals surface area contributed by atoms with Gasteiger partial charge in [0, 0.05) is 6.07 Å². The van der Waals surface area contributed by atoms with E-state index in [-0.39, 0.29) is 40.7 Å². The number of hydrogen-bond donors (Lipinski definition) is 7. The number of aliphatic hydroxyl groups excluding tert-OH is 4. The molecule has 12 nitrogen and oxygen atoms in total. The zero-order valence-electron chi connectivity index (χ0n) is 17.9. The van der Waals surface area contributed by atoms with E-state index in [9.17, 15) is 40.5 Å². The zero-order chi connectivity index (χ0) is 24.7. The van der Waals surface area contributed by atoms with E-state index < -0.39 is 54.9 Å². The number of ether oxygens (including phenoxy) is 4. The number of methoxy groups -OCH3 is 1. The second-order valence-electron chi connectivity index (χ2n) is 7.93. The fourth-order valence-corrected chi connectivity index (χ4v) is 3.90. The molecule has 2 heterocycles. The number of aromatic hydroxyl groups is 3. The van der Waals surface area contributed by atoms with E-state index in [4.69, 9.17) is 18.9 Å². The van der Waals surface area contributed by atoms with Crippen molar-refractivity contribution in [3.63, 3.8) is 0 Å². The van der Waals surface area contributed by atoms with Gasteiger partial charge in [-0.1, -0.05) is 6.07 Å². The summed E-state index contributed by atoms with van der Waals surface area (Å²) in [6.45, 7) is -0.682. The number of hydrogen-bond acceptors (Lipinski definition) is 12. The highest BCUT2D eigenvalue weighted by Gasteiger charge is 2.45. The Hall–Kier alpha value is -3.29. The van der Waals surface area contributed by atoms with Crippen LogP contribution in [0.3, 0.4) is 0 Å². The SMILES string of the molecule is COc1cc2c(c(O)c1OC1OC(CO)C(O)C(O)C1O)C(=O)CC(c1ccc(O)c(O)c1)O2. The lowest BCUT2D eigenvalue weighted by molar-refractivity contribution is -0.277. The smallest absolute Gasteiger partial charge is 0.229 e. The number of ketones is 1. The first-order chi connectivity index (χ1) is 16.2. The van der Waals surface area contributed by atoms with Crippen molar-refractivity contribution in [3.8, 4) is 34.5 Å². The first-order valence-electron chi connectivity index (χ1n) is 10.3. The summed E-state index contributed by atoms with van der Waals surface area (Å²) in [5.41, 5.74) is 0.189. The molecule has 0 aromatic heterocycles. The summed E-state index contributed by atoms with van der Waals surface area (Å²) in [6, 6.07) is 5.26. The van der Waals surface area contributed by atoms with Crippen LogP contribution in [0.1, 0.15) is 28.4 Å². The molecule has 1 fully saturated rings. The van der Waals surface area contributed by atoms with Crippen LogP contribution in [0.25, 0.3) is 0 Å². The lowest BCUT2D eigenvalue weighted by Crippen LogP contribution is -2.60. The fourth-order valence-electron chi connectivity index (χ4n) is 3.90. The molecule has 12 heteroatoms. The third-order valence-electron chi connectivity index (χ3n) is 5.78. The van der Waals surface area contributed by atoms with E-state index in [1.807, 2.05) is 0 Å². The molecule has 184 valence electrons. The first-order valence-corrected chi connectivity index (χ1v) is 10.3. The van der Waals surface area contributed by atoms with Crippen molar-refractivity contribution in [2.45, 2.75) is 43.2 Å². The normalized spacial score (nSPS) is 28.7. The van der Waals surface area contributed by atoms with E-state index in [0.717, 1.165) is 0 Å². The number of rotatable bonds is 5. The van der Waals surface area contributed by atoms with Crippen molar-refractivity contribution in [2.24, 2.45) is 0 Å². The Bertz CT molecular complexity index is 1080. The largest absolute Gasteiger partial charge is 0.504 e. The first kappa shape index (κ1) is 23.9. The molecule has 6 atom stereocenters. The Labute approximate surface area is 192 Å². The highest BCUT2D eigenvalue weighted by molar-refractivity contribution is 6.03. The van der Waals surface area contributed by atoms with E-state index in [2.05, 4.69) is 0 Å². The van der Waals surface area contributed by atoms with Gasteiger partial charge in [0.2, 0.25) is 12.0 Å². The Morgan fingerprint density at radius 3 is 2.41 bits per heavy atom. The molecule has 0 amide bonds. The summed E-state index contributed by atoms with van der Waals surface area (Å²) in [4.78, 5) is 12.9. The van der Waals surface area contributed by atoms with E-state index in [0.29, 0.717) is 5.56 Å². The molecule has 2 aromatic carbocycles. The standard InChI is InChI=1S/C22H24O12/c1-31-14-6-13-16(11(26)5-12(32-13)8-2-3-9(24)10(25)4-8)18(28)21(14)34-22-20(30)19(29)17(27)15(7-23)33-22/h2-4,6,12,15,17,19-20,22-25,27-30H,5,7H2,1H3. The summed E-state index contributed by atoms with van der Waals surface area (Å²) in [6.07, 6.45) is -8.98. The van der Waals surface area contributed by atoms with Crippen molar-refractivity contribution in [1.82, 2.24) is 0 Å². The molecule has 6 unspecified atom stereocenters. The highest BCUT2D eigenvalue weighted by Crippen LogP contribution is 2.49. The quantitative estimate of drug-likeness (QED) is 0.276. The van der Waals surface area contributed by atoms with Gasteiger partial charge in [-0.3, -0.25) is 4.79 Å². The van der Waals surface area contributed by atoms with E-state index >= 15 is 0 Å². The minimum absolute atomic E-state index is 0.0377. The molecule has 1 saturated heterocycles. The summed E-state index contributed by atoms with van der Waals surface area (Å²) >= 11 is 0. The van der Waals surface area contributed by atoms with Crippen LogP contribution in [0.5, 0.6) is 34.5 Å². The number of phenols is 3. The molecule has 0 bridgehead atoms. The number of benzene rings is 2. The van der Waals surface area contributed by atoms with Crippen molar-refractivity contribution in [1.29, 1.82) is 0 Å². The molecule has 0 radical (unpaired) electrons. The Morgan fingerprint density at radius 1 is 1.03 bits per heavy atom. The Morgan fingerprint density at radius 2 is 1.76 bits per heavy atom. The molecular weight excluding hydrogens is 456 g/mol. The number of Topliss-reactive ketones (excluding diaryl/α,β-unsaturated/α-hetero) is 1. The predicted octanol–water partition coefficient (Wildman–Crippen LogP) is -0.303. The van der Waals surface area contributed by atoms with E-state index in [1.54, 1.807) is 0 Å². The Kier molecular flexibility index (Phi) is 6.43. The molecule has 0 aliphatic carbocycles. The summed E-state index contributed by atoms with van der Waals surface area (Å²) in [5, 5.41) is 69.6. The second kappa shape index (κ2) is 9.16. The summed E-state index contributed by atoms with van der Waals surface area (Å²) < 4.78 is 21.9. The molecule has 34 heavy (non-hydrogen) atoms. The lowest BCUT2D eigenvalue weighted by atomic mass is 9.94. The van der Waals surface area contributed by atoms with Gasteiger partial charge in [0.05, 0.1) is 20.1 Å². The van der Waals surface area contributed by atoms with Gasteiger partial charge in [-0.15, -0.1) is 0 Å². The number of carbonyl (C=O) groups is 1. The second-order valence-corrected chi connectivity index (χ2v) is 7.93. The van der Waals surface area contributed by atoms with Crippen LogP contribution in [0, 0.1) is 0 Å². The highest BCUT2D eigenvalue weighted by atomic mass is 16.7. The van der Waals surface area contributed by atoms with Crippen molar-refractivity contribution in [3.05, 3.63) is 35.4 Å². The molecule has 0 spiro atoms. The third kappa shape index (κ3) is 4.06. The van der Waals surface area contributed by atoms with Crippen LogP contribution in [0.4, 0.5) is 0 Å². The molecule has 4 rings (SSSR count). The van der Waals surface area contributed by atoms with Gasteiger partial charge in [-0.2, -0.15) is 0 Å². The molecule has 2 aliphatic rings. The topological polar surface area (TPSA) is 196 Å². The van der Waals surface area contributed by atoms with Crippen LogP contribution < -0.4 is 14.2 Å². The molecule has 7 N–H and O–H groups in total. The van der Waals surface area contributed by atoms with Gasteiger partial charge in [-0.25, -0.2) is 0 Å². The van der Waals surface area contributed by atoms with Crippen LogP contribution in [0.2, 0.25) is 0 Å². The van der Waals surface area contributed by atoms with Crippen molar-refractivity contribution < 1.29 is 59.5 Å². The number of fused-ring (bicyclic) bond motifs is 1. The van der Waals surface area contributed by atoms with E-state index in [1.165, 1.54) is 31.4 Å². The van der Waals surface area contributed by atoms with Gasteiger partial charge in [-0.05, 0) is 17.7 Å². The monoisotopic (exact) mass is 480 g/mol. The molecule has 0 saturated carbocycles. The third-order valence-corrected chi connectivity index (χ3v) is 5.78. The van der Waals surface area contributed by atoms with Crippen LogP contribution in [-0.2, 0) is 4.74 Å². The van der Waals surface area contributed by atoms with Gasteiger partial charge in [0.15, 0.2) is 28.8 Å². The molecular formula is C22H24O12. The van der Waals surface area contributed by atoms with Crippen LogP contribution in [-0.4, -0.2) is 86.0 Å². The maximum absolute atomic E-state index is 12.9. The maximum Gasteiger partial charge on any atom is 0.229 e. The average molecular weight is 480 g/mol. The minimum Gasteiger partial charge on any atom is -0.504 e. The van der Waals surface area contributed by atoms with Crippen LogP contribution in [0.15, 0.2) is 24.3 Å². The van der Waals surface area contributed by atoms with Gasteiger partial charge in [0.25, 0.3) is 0 Å². The fraction of sp³-hybridized carbons (Fsp3) is 0.409. The number of aliphatic hydroxyl groups is 4. The molecule has 2 aromatic rings. The van der Waals surface area contributed by atoms with Crippen molar-refractivity contribution in [2.75, 3.05) is 13.7 Å². The summed E-state index contributed by atoms with van der Waals surface area (Å²) in [5.74, 6) is -2.44. The van der Waals surface area contributed by atoms with Gasteiger partial charge in [0.1, 0.15) is 41.8 Å². The molecule has 2 aliphatic heterocycles. The lowest BCUT2D eigenvalue weighted by Gasteiger charge is -2.39.